The average Bonchev–Trinajstić information content (AvgIpc) is 2.31. The molecule has 0 atom stereocenters. The fourth-order valence-corrected chi connectivity index (χ4v) is 1.37. The summed E-state index contributed by atoms with van der Waals surface area (Å²) in [5.41, 5.74) is 0.363. The average molecular weight is 253 g/mol. The fraction of sp³-hybridized carbons (Fsp3) is 0.462. The number of phenolic OH excluding ortho intramolecular Hbond substituents is 2. The molecule has 18 heavy (non-hydrogen) atoms. The maximum atomic E-state index is 11.7. The van der Waals surface area contributed by atoms with Crippen molar-refractivity contribution in [3.8, 4) is 11.5 Å². The van der Waals surface area contributed by atoms with Crippen molar-refractivity contribution in [3.05, 3.63) is 23.8 Å². The van der Waals surface area contributed by atoms with E-state index in [4.69, 9.17) is 9.84 Å². The highest BCUT2D eigenvalue weighted by molar-refractivity contribution is 5.98. The predicted octanol–water partition coefficient (Wildman–Crippen LogP) is 1.30. The standard InChI is InChI=1S/C13H19NO4/c1-9(2)18-6-5-14-8-13(17)10-3-4-11(15)12(16)7-10/h3-4,7,9,14-16H,5-6,8H2,1-2H3. The fourth-order valence-electron chi connectivity index (χ4n) is 1.37. The first-order chi connectivity index (χ1) is 8.50. The number of carbonyl (C=O) groups is 1. The molecule has 0 unspecified atom stereocenters. The summed E-state index contributed by atoms with van der Waals surface area (Å²) in [6.07, 6.45) is 0.177. The number of rotatable bonds is 7. The van der Waals surface area contributed by atoms with Crippen molar-refractivity contribution in [2.45, 2.75) is 20.0 Å². The zero-order valence-corrected chi connectivity index (χ0v) is 10.6. The van der Waals surface area contributed by atoms with Gasteiger partial charge in [0.2, 0.25) is 0 Å². The molecule has 1 aromatic rings. The topological polar surface area (TPSA) is 78.8 Å². The largest absolute Gasteiger partial charge is 0.504 e. The van der Waals surface area contributed by atoms with Crippen LogP contribution >= 0.6 is 0 Å². The van der Waals surface area contributed by atoms with Crippen molar-refractivity contribution in [1.82, 2.24) is 5.32 Å². The molecule has 1 rings (SSSR count). The number of Topliss-reactive ketones (excluding diaryl/α,β-unsaturated/α-hetero) is 1. The van der Waals surface area contributed by atoms with E-state index in [2.05, 4.69) is 5.32 Å². The van der Waals surface area contributed by atoms with Gasteiger partial charge in [0.05, 0.1) is 19.3 Å². The highest BCUT2D eigenvalue weighted by atomic mass is 16.5. The van der Waals surface area contributed by atoms with Gasteiger partial charge in [0.1, 0.15) is 0 Å². The smallest absolute Gasteiger partial charge is 0.176 e. The van der Waals surface area contributed by atoms with Crippen LogP contribution in [-0.2, 0) is 4.74 Å². The van der Waals surface area contributed by atoms with E-state index in [9.17, 15) is 9.90 Å². The Hall–Kier alpha value is -1.59. The second-order valence-electron chi connectivity index (χ2n) is 4.22. The van der Waals surface area contributed by atoms with Crippen LogP contribution in [0.5, 0.6) is 11.5 Å². The third kappa shape index (κ3) is 4.73. The molecule has 0 aromatic heterocycles. The van der Waals surface area contributed by atoms with E-state index < -0.39 is 0 Å². The molecular formula is C13H19NO4. The molecule has 0 fully saturated rings. The van der Waals surface area contributed by atoms with Gasteiger partial charge in [-0.2, -0.15) is 0 Å². The van der Waals surface area contributed by atoms with E-state index in [1.807, 2.05) is 13.8 Å². The lowest BCUT2D eigenvalue weighted by molar-refractivity contribution is 0.0798. The molecule has 0 bridgehead atoms. The minimum Gasteiger partial charge on any atom is -0.504 e. The van der Waals surface area contributed by atoms with Crippen LogP contribution < -0.4 is 5.32 Å². The first-order valence-corrected chi connectivity index (χ1v) is 5.88. The monoisotopic (exact) mass is 253 g/mol. The molecule has 0 aliphatic heterocycles. The van der Waals surface area contributed by atoms with E-state index in [1.54, 1.807) is 0 Å². The maximum Gasteiger partial charge on any atom is 0.176 e. The molecule has 1 aromatic carbocycles. The summed E-state index contributed by atoms with van der Waals surface area (Å²) in [4.78, 5) is 11.7. The van der Waals surface area contributed by atoms with Gasteiger partial charge < -0.3 is 20.3 Å². The van der Waals surface area contributed by atoms with Gasteiger partial charge in [0.25, 0.3) is 0 Å². The number of nitrogens with one attached hydrogen (secondary N) is 1. The number of ether oxygens (including phenoxy) is 1. The van der Waals surface area contributed by atoms with Gasteiger partial charge in [0.15, 0.2) is 17.3 Å². The minimum atomic E-state index is -0.288. The number of aromatic hydroxyl groups is 2. The molecule has 0 amide bonds. The lowest BCUT2D eigenvalue weighted by atomic mass is 10.1. The Morgan fingerprint density at radius 1 is 1.33 bits per heavy atom. The van der Waals surface area contributed by atoms with Crippen molar-refractivity contribution in [1.29, 1.82) is 0 Å². The van der Waals surface area contributed by atoms with Crippen LogP contribution in [-0.4, -0.2) is 41.8 Å². The lowest BCUT2D eigenvalue weighted by Gasteiger charge is -2.08. The quantitative estimate of drug-likeness (QED) is 0.388. The summed E-state index contributed by atoms with van der Waals surface area (Å²) >= 11 is 0. The van der Waals surface area contributed by atoms with Crippen LogP contribution in [0, 0.1) is 0 Å². The summed E-state index contributed by atoms with van der Waals surface area (Å²) in [5, 5.41) is 21.4. The first-order valence-electron chi connectivity index (χ1n) is 5.88. The zero-order valence-electron chi connectivity index (χ0n) is 10.6. The second kappa shape index (κ2) is 6.98. The van der Waals surface area contributed by atoms with Gasteiger partial charge >= 0.3 is 0 Å². The Balaban J connectivity index is 2.34. The van der Waals surface area contributed by atoms with Crippen molar-refractivity contribution < 1.29 is 19.7 Å². The Kier molecular flexibility index (Phi) is 5.61. The summed E-state index contributed by atoms with van der Waals surface area (Å²) in [5.74, 6) is -0.663. The molecule has 5 nitrogen and oxygen atoms in total. The molecule has 0 radical (unpaired) electrons. The van der Waals surface area contributed by atoms with Crippen molar-refractivity contribution in [2.75, 3.05) is 19.7 Å². The van der Waals surface area contributed by atoms with Gasteiger partial charge in [-0.05, 0) is 32.0 Å². The molecule has 0 saturated carbocycles. The third-order valence-electron chi connectivity index (χ3n) is 2.31. The van der Waals surface area contributed by atoms with Gasteiger partial charge in [-0.1, -0.05) is 0 Å². The highest BCUT2D eigenvalue weighted by Crippen LogP contribution is 2.24. The predicted molar refractivity (Wildman–Crippen MR) is 68.1 cm³/mol. The minimum absolute atomic E-state index is 0.144. The second-order valence-corrected chi connectivity index (χ2v) is 4.22. The number of hydrogen-bond acceptors (Lipinski definition) is 5. The van der Waals surface area contributed by atoms with E-state index in [-0.39, 0.29) is 29.9 Å². The number of hydrogen-bond donors (Lipinski definition) is 3. The Bertz CT molecular complexity index is 404. The molecule has 0 saturated heterocycles. The summed E-state index contributed by atoms with van der Waals surface area (Å²) in [6.45, 7) is 5.21. The summed E-state index contributed by atoms with van der Waals surface area (Å²) < 4.78 is 5.32. The maximum absolute atomic E-state index is 11.7. The molecule has 5 heteroatoms. The molecule has 100 valence electrons. The van der Waals surface area contributed by atoms with Gasteiger partial charge in [-0.3, -0.25) is 4.79 Å². The van der Waals surface area contributed by atoms with E-state index in [0.29, 0.717) is 18.7 Å². The molecule has 0 spiro atoms. The van der Waals surface area contributed by atoms with Gasteiger partial charge in [0, 0.05) is 12.1 Å². The van der Waals surface area contributed by atoms with E-state index in [0.717, 1.165) is 0 Å². The normalized spacial score (nSPS) is 10.8. The summed E-state index contributed by atoms with van der Waals surface area (Å²) in [7, 11) is 0. The number of ketones is 1. The van der Waals surface area contributed by atoms with E-state index >= 15 is 0 Å². The molecule has 0 heterocycles. The van der Waals surface area contributed by atoms with Crippen LogP contribution in [0.4, 0.5) is 0 Å². The van der Waals surface area contributed by atoms with Crippen LogP contribution in [0.15, 0.2) is 18.2 Å². The van der Waals surface area contributed by atoms with Crippen LogP contribution in [0.3, 0.4) is 0 Å². The first kappa shape index (κ1) is 14.5. The van der Waals surface area contributed by atoms with Crippen molar-refractivity contribution >= 4 is 5.78 Å². The SMILES string of the molecule is CC(C)OCCNCC(=O)c1ccc(O)c(O)c1. The molecule has 0 aliphatic carbocycles. The lowest BCUT2D eigenvalue weighted by Crippen LogP contribution is -2.27. The van der Waals surface area contributed by atoms with Crippen LogP contribution in [0.2, 0.25) is 0 Å². The third-order valence-corrected chi connectivity index (χ3v) is 2.31. The van der Waals surface area contributed by atoms with Crippen LogP contribution in [0.25, 0.3) is 0 Å². The van der Waals surface area contributed by atoms with Crippen molar-refractivity contribution in [3.63, 3.8) is 0 Å². The Morgan fingerprint density at radius 3 is 2.67 bits per heavy atom. The van der Waals surface area contributed by atoms with E-state index in [1.165, 1.54) is 18.2 Å². The van der Waals surface area contributed by atoms with Crippen molar-refractivity contribution in [2.24, 2.45) is 0 Å². The zero-order chi connectivity index (χ0) is 13.5. The summed E-state index contributed by atoms with van der Waals surface area (Å²) in [6, 6.07) is 4.03. The Morgan fingerprint density at radius 2 is 2.06 bits per heavy atom. The van der Waals surface area contributed by atoms with Gasteiger partial charge in [-0.25, -0.2) is 0 Å². The van der Waals surface area contributed by atoms with Gasteiger partial charge in [-0.15, -0.1) is 0 Å². The molecule has 0 aliphatic rings. The number of benzene rings is 1. The molecule has 3 N–H and O–H groups in total. The highest BCUT2D eigenvalue weighted by Gasteiger charge is 2.08. The Labute approximate surface area is 106 Å². The number of carbonyl (C=O) groups excluding carboxylic acids is 1. The molecular weight excluding hydrogens is 234 g/mol. The number of phenols is 2. The van der Waals surface area contributed by atoms with Crippen LogP contribution in [0.1, 0.15) is 24.2 Å².